The van der Waals surface area contributed by atoms with Crippen molar-refractivity contribution in [2.45, 2.75) is 6.92 Å². The van der Waals surface area contributed by atoms with Gasteiger partial charge in [0.1, 0.15) is 11.2 Å². The van der Waals surface area contributed by atoms with Crippen LogP contribution in [0.5, 0.6) is 0 Å². The molecule has 0 fully saturated rings. The van der Waals surface area contributed by atoms with Crippen molar-refractivity contribution in [3.63, 3.8) is 0 Å². The fourth-order valence-electron chi connectivity index (χ4n) is 6.29. The van der Waals surface area contributed by atoms with Crippen LogP contribution in [0.4, 0.5) is 17.1 Å². The molecule has 0 amide bonds. The van der Waals surface area contributed by atoms with Crippen molar-refractivity contribution in [1.82, 2.24) is 0 Å². The second-order valence-corrected chi connectivity index (χ2v) is 10.6. The molecule has 194 valence electrons. The van der Waals surface area contributed by atoms with Crippen molar-refractivity contribution in [2.75, 3.05) is 4.90 Å². The molecule has 0 saturated carbocycles. The summed E-state index contributed by atoms with van der Waals surface area (Å²) < 4.78 is 6.35. The largest absolute Gasteiger partial charge is 0.456 e. The Hall–Kier alpha value is -5.34. The number of nitrogens with zero attached hydrogens (tertiary/aromatic N) is 1. The highest BCUT2D eigenvalue weighted by Gasteiger charge is 2.23. The average Bonchev–Trinajstić information content (AvgIpc) is 3.40. The number of aryl methyl sites for hydroxylation is 1. The third-order valence-electron chi connectivity index (χ3n) is 8.09. The van der Waals surface area contributed by atoms with Crippen molar-refractivity contribution >= 4 is 60.5 Å². The Labute approximate surface area is 238 Å². The standard InChI is InChI=1S/C39H27NO/c1-26-11-8-15-29(25-26)40(34-20-10-22-37-39(34)33-18-6-7-21-36(33)41-37)35-24-23-28-13-3-5-17-31(28)38(35)32-19-9-14-27-12-2-4-16-30(27)32/h2-25H,1H3. The number of hydrogen-bond acceptors (Lipinski definition) is 2. The monoisotopic (exact) mass is 525 g/mol. The van der Waals surface area contributed by atoms with Gasteiger partial charge in [0.15, 0.2) is 0 Å². The van der Waals surface area contributed by atoms with E-state index in [2.05, 4.69) is 145 Å². The zero-order valence-corrected chi connectivity index (χ0v) is 22.7. The maximum atomic E-state index is 6.35. The lowest BCUT2D eigenvalue weighted by Gasteiger charge is -2.30. The van der Waals surface area contributed by atoms with Gasteiger partial charge in [-0.25, -0.2) is 0 Å². The number of anilines is 3. The minimum atomic E-state index is 0.883. The van der Waals surface area contributed by atoms with Gasteiger partial charge in [-0.1, -0.05) is 109 Å². The average molecular weight is 526 g/mol. The van der Waals surface area contributed by atoms with Crippen LogP contribution in [-0.2, 0) is 0 Å². The summed E-state index contributed by atoms with van der Waals surface area (Å²) in [6.07, 6.45) is 0. The van der Waals surface area contributed by atoms with E-state index in [9.17, 15) is 0 Å². The summed E-state index contributed by atoms with van der Waals surface area (Å²) in [7, 11) is 0. The second kappa shape index (κ2) is 9.39. The molecule has 0 unspecified atom stereocenters. The first-order valence-corrected chi connectivity index (χ1v) is 14.0. The third-order valence-corrected chi connectivity index (χ3v) is 8.09. The van der Waals surface area contributed by atoms with Gasteiger partial charge < -0.3 is 9.32 Å². The van der Waals surface area contributed by atoms with E-state index >= 15 is 0 Å². The van der Waals surface area contributed by atoms with Crippen molar-refractivity contribution in [2.24, 2.45) is 0 Å². The first-order chi connectivity index (χ1) is 20.3. The number of fused-ring (bicyclic) bond motifs is 5. The Morgan fingerprint density at radius 3 is 2.00 bits per heavy atom. The van der Waals surface area contributed by atoms with E-state index in [1.54, 1.807) is 0 Å². The van der Waals surface area contributed by atoms with Crippen LogP contribution in [0.1, 0.15) is 5.56 Å². The van der Waals surface area contributed by atoms with Gasteiger partial charge >= 0.3 is 0 Å². The van der Waals surface area contributed by atoms with Gasteiger partial charge in [-0.2, -0.15) is 0 Å². The van der Waals surface area contributed by atoms with E-state index in [0.29, 0.717) is 0 Å². The zero-order valence-electron chi connectivity index (χ0n) is 22.7. The number of rotatable bonds is 4. The summed E-state index contributed by atoms with van der Waals surface area (Å²) in [5, 5.41) is 7.14. The molecule has 0 aliphatic rings. The molecule has 0 atom stereocenters. The summed E-state index contributed by atoms with van der Waals surface area (Å²) in [6.45, 7) is 2.15. The topological polar surface area (TPSA) is 16.4 Å². The van der Waals surface area contributed by atoms with Gasteiger partial charge in [0.2, 0.25) is 0 Å². The van der Waals surface area contributed by atoms with Crippen molar-refractivity contribution < 1.29 is 4.42 Å². The molecule has 1 aromatic heterocycles. The highest BCUT2D eigenvalue weighted by Crippen LogP contribution is 2.48. The Kier molecular flexibility index (Phi) is 5.39. The van der Waals surface area contributed by atoms with Crippen LogP contribution in [0, 0.1) is 6.92 Å². The van der Waals surface area contributed by atoms with Crippen LogP contribution in [0.2, 0.25) is 0 Å². The van der Waals surface area contributed by atoms with Gasteiger partial charge in [0.05, 0.1) is 16.8 Å². The van der Waals surface area contributed by atoms with E-state index in [-0.39, 0.29) is 0 Å². The van der Waals surface area contributed by atoms with E-state index < -0.39 is 0 Å². The van der Waals surface area contributed by atoms with Gasteiger partial charge in [0, 0.05) is 16.6 Å². The molecular formula is C39H27NO. The molecule has 0 aliphatic carbocycles. The third kappa shape index (κ3) is 3.80. The fourth-order valence-corrected chi connectivity index (χ4v) is 6.29. The summed E-state index contributed by atoms with van der Waals surface area (Å²) in [5.74, 6) is 0. The van der Waals surface area contributed by atoms with Crippen LogP contribution >= 0.6 is 0 Å². The Bertz CT molecular complexity index is 2230. The van der Waals surface area contributed by atoms with Crippen LogP contribution in [0.15, 0.2) is 150 Å². The summed E-state index contributed by atoms with van der Waals surface area (Å²) in [6, 6.07) is 52.0. The highest BCUT2D eigenvalue weighted by atomic mass is 16.3. The van der Waals surface area contributed by atoms with Crippen molar-refractivity contribution in [1.29, 1.82) is 0 Å². The molecule has 1 heterocycles. The van der Waals surface area contributed by atoms with Gasteiger partial charge in [-0.3, -0.25) is 0 Å². The lowest BCUT2D eigenvalue weighted by atomic mass is 9.91. The minimum absolute atomic E-state index is 0.883. The Morgan fingerprint density at radius 2 is 1.15 bits per heavy atom. The molecule has 8 rings (SSSR count). The molecule has 0 aliphatic heterocycles. The van der Waals surface area contributed by atoms with Crippen LogP contribution < -0.4 is 4.90 Å². The quantitative estimate of drug-likeness (QED) is 0.227. The lowest BCUT2D eigenvalue weighted by molar-refractivity contribution is 0.669. The predicted octanol–water partition coefficient (Wildman–Crippen LogP) is 11.3. The van der Waals surface area contributed by atoms with Crippen molar-refractivity contribution in [3.8, 4) is 11.1 Å². The molecule has 8 aromatic rings. The number of para-hydroxylation sites is 1. The molecule has 2 heteroatoms. The number of furan rings is 1. The molecular weight excluding hydrogens is 498 g/mol. The minimum Gasteiger partial charge on any atom is -0.456 e. The maximum Gasteiger partial charge on any atom is 0.137 e. The van der Waals surface area contributed by atoms with E-state index in [4.69, 9.17) is 4.42 Å². The first kappa shape index (κ1) is 23.5. The lowest BCUT2D eigenvalue weighted by Crippen LogP contribution is -2.12. The number of hydrogen-bond donors (Lipinski definition) is 0. The van der Waals surface area contributed by atoms with Crippen LogP contribution in [-0.4, -0.2) is 0 Å². The zero-order chi connectivity index (χ0) is 27.3. The van der Waals surface area contributed by atoms with E-state index in [1.165, 1.54) is 38.2 Å². The molecule has 0 spiro atoms. The normalized spacial score (nSPS) is 11.5. The smallest absolute Gasteiger partial charge is 0.137 e. The molecule has 41 heavy (non-hydrogen) atoms. The molecule has 0 radical (unpaired) electrons. The Balaban J connectivity index is 1.53. The predicted molar refractivity (Wildman–Crippen MR) is 174 cm³/mol. The second-order valence-electron chi connectivity index (χ2n) is 10.6. The molecule has 0 bridgehead atoms. The maximum absolute atomic E-state index is 6.35. The SMILES string of the molecule is Cc1cccc(N(c2ccc3ccccc3c2-c2cccc3ccccc23)c2cccc3oc4ccccc4c23)c1. The first-order valence-electron chi connectivity index (χ1n) is 14.0. The number of benzene rings is 7. The fraction of sp³-hybridized carbons (Fsp3) is 0.0256. The van der Waals surface area contributed by atoms with Gasteiger partial charge in [-0.05, 0) is 76.0 Å². The van der Waals surface area contributed by atoms with Crippen molar-refractivity contribution in [3.05, 3.63) is 151 Å². The van der Waals surface area contributed by atoms with Gasteiger partial charge in [-0.15, -0.1) is 0 Å². The van der Waals surface area contributed by atoms with Crippen LogP contribution in [0.25, 0.3) is 54.6 Å². The van der Waals surface area contributed by atoms with E-state index in [0.717, 1.165) is 39.0 Å². The summed E-state index contributed by atoms with van der Waals surface area (Å²) >= 11 is 0. The molecule has 0 saturated heterocycles. The molecule has 0 N–H and O–H groups in total. The van der Waals surface area contributed by atoms with Crippen LogP contribution in [0.3, 0.4) is 0 Å². The van der Waals surface area contributed by atoms with Gasteiger partial charge in [0.25, 0.3) is 0 Å². The molecule has 2 nitrogen and oxygen atoms in total. The van der Waals surface area contributed by atoms with E-state index in [1.807, 2.05) is 12.1 Å². The molecule has 7 aromatic carbocycles. The highest BCUT2D eigenvalue weighted by molar-refractivity contribution is 6.16. The summed E-state index contributed by atoms with van der Waals surface area (Å²) in [5.41, 5.74) is 8.76. The summed E-state index contributed by atoms with van der Waals surface area (Å²) in [4.78, 5) is 2.42. The Morgan fingerprint density at radius 1 is 0.488 bits per heavy atom.